The third-order valence-electron chi connectivity index (χ3n) is 3.65. The van der Waals surface area contributed by atoms with Crippen LogP contribution in [0.25, 0.3) is 0 Å². The Balaban J connectivity index is 2.17. The maximum atomic E-state index is 4.55. The van der Waals surface area contributed by atoms with Gasteiger partial charge in [0.25, 0.3) is 0 Å². The summed E-state index contributed by atoms with van der Waals surface area (Å²) in [6, 6.07) is 0.534. The molecule has 0 aliphatic heterocycles. The molecule has 1 aliphatic carbocycles. The molecule has 0 spiro atoms. The molecule has 1 saturated carbocycles. The van der Waals surface area contributed by atoms with Crippen molar-refractivity contribution in [1.82, 2.24) is 10.3 Å². The molecule has 3 heteroatoms. The van der Waals surface area contributed by atoms with Crippen LogP contribution in [0.3, 0.4) is 0 Å². The van der Waals surface area contributed by atoms with E-state index >= 15 is 0 Å². The Bertz CT molecular complexity index is 340. The van der Waals surface area contributed by atoms with E-state index in [1.807, 2.05) is 11.3 Å². The van der Waals surface area contributed by atoms with Crippen LogP contribution in [0.4, 0.5) is 0 Å². The minimum atomic E-state index is 0.534. The molecule has 0 radical (unpaired) electrons. The van der Waals surface area contributed by atoms with Crippen LogP contribution in [0.1, 0.15) is 53.7 Å². The first-order valence-electron chi connectivity index (χ1n) is 6.33. The molecule has 1 fully saturated rings. The van der Waals surface area contributed by atoms with Gasteiger partial charge in [0, 0.05) is 10.9 Å². The molecule has 2 nitrogen and oxygen atoms in total. The molecule has 0 aromatic carbocycles. The molecule has 1 N–H and O–H groups in total. The van der Waals surface area contributed by atoms with Gasteiger partial charge in [-0.05, 0) is 39.7 Å². The zero-order chi connectivity index (χ0) is 11.5. The number of nitrogens with zero attached hydrogens (tertiary/aromatic N) is 1. The monoisotopic (exact) mass is 238 g/mol. The fourth-order valence-corrected chi connectivity index (χ4v) is 4.02. The second-order valence-electron chi connectivity index (χ2n) is 4.85. The highest BCUT2D eigenvalue weighted by Crippen LogP contribution is 2.37. The first-order chi connectivity index (χ1) is 7.72. The lowest BCUT2D eigenvalue weighted by Crippen LogP contribution is -2.26. The quantitative estimate of drug-likeness (QED) is 0.870. The van der Waals surface area contributed by atoms with Crippen molar-refractivity contribution < 1.29 is 0 Å². The lowest BCUT2D eigenvalue weighted by Gasteiger charge is -2.29. The van der Waals surface area contributed by atoms with E-state index in [0.29, 0.717) is 6.04 Å². The van der Waals surface area contributed by atoms with E-state index in [1.165, 1.54) is 47.7 Å². The molecule has 1 aliphatic rings. The highest BCUT2D eigenvalue weighted by Gasteiger charge is 2.26. The molecule has 1 aromatic rings. The number of aryl methyl sites for hydroxylation is 2. The third kappa shape index (κ3) is 2.46. The first kappa shape index (κ1) is 12.1. The Morgan fingerprint density at radius 2 is 1.94 bits per heavy atom. The summed E-state index contributed by atoms with van der Waals surface area (Å²) in [6.07, 6.45) is 6.98. The zero-order valence-corrected chi connectivity index (χ0v) is 11.4. The molecule has 1 atom stereocenters. The van der Waals surface area contributed by atoms with Crippen molar-refractivity contribution in [3.05, 3.63) is 15.6 Å². The summed E-state index contributed by atoms with van der Waals surface area (Å²) in [5.74, 6) is 0.817. The predicted molar refractivity (Wildman–Crippen MR) is 70.0 cm³/mol. The van der Waals surface area contributed by atoms with E-state index < -0.39 is 0 Å². The van der Waals surface area contributed by atoms with Gasteiger partial charge in [0.05, 0.1) is 10.7 Å². The van der Waals surface area contributed by atoms with Crippen molar-refractivity contribution in [1.29, 1.82) is 0 Å². The van der Waals surface area contributed by atoms with Gasteiger partial charge < -0.3 is 5.32 Å². The normalized spacial score (nSPS) is 19.9. The summed E-state index contributed by atoms with van der Waals surface area (Å²) < 4.78 is 0. The Kier molecular flexibility index (Phi) is 3.98. The van der Waals surface area contributed by atoms with Gasteiger partial charge in [-0.3, -0.25) is 0 Å². The molecule has 16 heavy (non-hydrogen) atoms. The lowest BCUT2D eigenvalue weighted by atomic mass is 9.83. The van der Waals surface area contributed by atoms with Crippen molar-refractivity contribution in [2.45, 2.75) is 52.0 Å². The topological polar surface area (TPSA) is 24.9 Å². The van der Waals surface area contributed by atoms with Gasteiger partial charge in [-0.25, -0.2) is 4.98 Å². The van der Waals surface area contributed by atoms with Crippen LogP contribution in [0, 0.1) is 19.8 Å². The molecule has 2 rings (SSSR count). The number of aromatic nitrogens is 1. The number of hydrogen-bond donors (Lipinski definition) is 1. The predicted octanol–water partition coefficient (Wildman–Crippen LogP) is 3.60. The summed E-state index contributed by atoms with van der Waals surface area (Å²) in [6.45, 7) is 4.25. The average molecular weight is 238 g/mol. The summed E-state index contributed by atoms with van der Waals surface area (Å²) in [4.78, 5) is 6.02. The fourth-order valence-electron chi connectivity index (χ4n) is 2.88. The lowest BCUT2D eigenvalue weighted by molar-refractivity contribution is 0.283. The van der Waals surface area contributed by atoms with Gasteiger partial charge in [-0.1, -0.05) is 19.3 Å². The second kappa shape index (κ2) is 5.28. The van der Waals surface area contributed by atoms with Crippen molar-refractivity contribution >= 4 is 11.3 Å². The molecule has 90 valence electrons. The van der Waals surface area contributed by atoms with E-state index in [4.69, 9.17) is 0 Å². The highest BCUT2D eigenvalue weighted by molar-refractivity contribution is 7.11. The van der Waals surface area contributed by atoms with Crippen LogP contribution >= 0.6 is 11.3 Å². The fraction of sp³-hybridized carbons (Fsp3) is 0.769. The third-order valence-corrected chi connectivity index (χ3v) is 4.81. The number of nitrogens with one attached hydrogen (secondary N) is 1. The summed E-state index contributed by atoms with van der Waals surface area (Å²) in [5.41, 5.74) is 1.23. The van der Waals surface area contributed by atoms with Crippen LogP contribution in [0.2, 0.25) is 0 Å². The van der Waals surface area contributed by atoms with Crippen molar-refractivity contribution in [2.24, 2.45) is 5.92 Å². The largest absolute Gasteiger partial charge is 0.312 e. The smallest absolute Gasteiger partial charge is 0.0900 e. The van der Waals surface area contributed by atoms with Crippen LogP contribution < -0.4 is 5.32 Å². The average Bonchev–Trinajstić information content (AvgIpc) is 2.61. The van der Waals surface area contributed by atoms with Crippen LogP contribution in [0.15, 0.2) is 0 Å². The standard InChI is InChI=1S/C13H22N2S/c1-9-13(16-10(2)15-9)12(14-3)11-7-5-4-6-8-11/h11-12,14H,4-8H2,1-3H3. The molecule has 1 aromatic heterocycles. The Hall–Kier alpha value is -0.410. The van der Waals surface area contributed by atoms with Crippen LogP contribution in [0.5, 0.6) is 0 Å². The molecule has 1 heterocycles. The van der Waals surface area contributed by atoms with E-state index in [2.05, 4.69) is 31.2 Å². The van der Waals surface area contributed by atoms with E-state index in [9.17, 15) is 0 Å². The van der Waals surface area contributed by atoms with Crippen molar-refractivity contribution in [2.75, 3.05) is 7.05 Å². The van der Waals surface area contributed by atoms with Gasteiger partial charge in [-0.15, -0.1) is 11.3 Å². The van der Waals surface area contributed by atoms with E-state index in [1.54, 1.807) is 0 Å². The minimum absolute atomic E-state index is 0.534. The summed E-state index contributed by atoms with van der Waals surface area (Å²) in [7, 11) is 2.09. The SMILES string of the molecule is CNC(c1sc(C)nc1C)C1CCCCC1. The van der Waals surface area contributed by atoms with Crippen molar-refractivity contribution in [3.63, 3.8) is 0 Å². The minimum Gasteiger partial charge on any atom is -0.312 e. The number of rotatable bonds is 3. The maximum absolute atomic E-state index is 4.55. The van der Waals surface area contributed by atoms with Crippen LogP contribution in [-0.2, 0) is 0 Å². The van der Waals surface area contributed by atoms with E-state index in [0.717, 1.165) is 5.92 Å². The second-order valence-corrected chi connectivity index (χ2v) is 6.08. The van der Waals surface area contributed by atoms with Gasteiger partial charge >= 0.3 is 0 Å². The Labute approximate surface area is 102 Å². The van der Waals surface area contributed by atoms with Gasteiger partial charge in [0.1, 0.15) is 0 Å². The van der Waals surface area contributed by atoms with Gasteiger partial charge in [0.2, 0.25) is 0 Å². The Morgan fingerprint density at radius 1 is 1.25 bits per heavy atom. The molecular weight excluding hydrogens is 216 g/mol. The summed E-state index contributed by atoms with van der Waals surface area (Å²) >= 11 is 1.87. The van der Waals surface area contributed by atoms with Gasteiger partial charge in [0.15, 0.2) is 0 Å². The first-order valence-corrected chi connectivity index (χ1v) is 7.15. The molecule has 0 saturated heterocycles. The molecule has 0 amide bonds. The molecule has 1 unspecified atom stereocenters. The maximum Gasteiger partial charge on any atom is 0.0900 e. The highest BCUT2D eigenvalue weighted by atomic mass is 32.1. The summed E-state index contributed by atoms with van der Waals surface area (Å²) in [5, 5.41) is 4.71. The zero-order valence-electron chi connectivity index (χ0n) is 10.5. The van der Waals surface area contributed by atoms with Crippen LogP contribution in [-0.4, -0.2) is 12.0 Å². The number of hydrogen-bond acceptors (Lipinski definition) is 3. The van der Waals surface area contributed by atoms with E-state index in [-0.39, 0.29) is 0 Å². The Morgan fingerprint density at radius 3 is 2.44 bits per heavy atom. The van der Waals surface area contributed by atoms with Gasteiger partial charge in [-0.2, -0.15) is 0 Å². The number of thiazole rings is 1. The molecular formula is C13H22N2S. The molecule has 0 bridgehead atoms. The van der Waals surface area contributed by atoms with Crippen molar-refractivity contribution in [3.8, 4) is 0 Å².